The molecule has 0 radical (unpaired) electrons. The molecule has 0 spiro atoms. The Morgan fingerprint density at radius 1 is 1.24 bits per heavy atom. The van der Waals surface area contributed by atoms with Gasteiger partial charge in [-0.05, 0) is 37.1 Å². The summed E-state index contributed by atoms with van der Waals surface area (Å²) in [6, 6.07) is 12.8. The van der Waals surface area contributed by atoms with E-state index in [2.05, 4.69) is 11.1 Å². The predicted molar refractivity (Wildman–Crippen MR) is 125 cm³/mol. The Bertz CT molecular complexity index is 1410. The second-order valence-electron chi connectivity index (χ2n) is 8.62. The van der Waals surface area contributed by atoms with E-state index in [9.17, 15) is 14.7 Å². The minimum atomic E-state index is -0.755. The maximum Gasteiger partial charge on any atom is 0.227 e. The monoisotopic (exact) mass is 462 g/mol. The molecule has 176 valence electrons. The highest BCUT2D eigenvalue weighted by Gasteiger charge is 2.32. The number of methoxy groups -OCH3 is 1. The van der Waals surface area contributed by atoms with Gasteiger partial charge in [0, 0.05) is 42.7 Å². The molecule has 1 aliphatic rings. The molecule has 0 bridgehead atoms. The largest absolute Gasteiger partial charge is 0.502 e. The summed E-state index contributed by atoms with van der Waals surface area (Å²) in [5.74, 6) is -0.0295. The third-order valence-electron chi connectivity index (χ3n) is 6.32. The second-order valence-corrected chi connectivity index (χ2v) is 8.62. The Morgan fingerprint density at radius 2 is 2.06 bits per heavy atom. The first-order valence-electron chi connectivity index (χ1n) is 11.2. The van der Waals surface area contributed by atoms with Crippen molar-refractivity contribution in [2.45, 2.75) is 38.8 Å². The average Bonchev–Trinajstić information content (AvgIpc) is 3.42. The van der Waals surface area contributed by atoms with Crippen LogP contribution in [0.4, 0.5) is 0 Å². The van der Waals surface area contributed by atoms with E-state index in [4.69, 9.17) is 13.6 Å². The number of aryl methyl sites for hydroxylation is 1. The molecule has 34 heavy (non-hydrogen) atoms. The molecule has 4 aromatic rings. The zero-order valence-corrected chi connectivity index (χ0v) is 19.1. The van der Waals surface area contributed by atoms with Crippen molar-refractivity contribution in [1.29, 1.82) is 0 Å². The standard InChI is InChI=1S/C26H26N2O6/c1-15-7-8-23(33-15)19(26-25(31)22(29)11-16(34-26)14-32-2)12-24(30)28-10-9-18-17-5-3-4-6-20(17)27-21(18)13-28/h3-8,11,19,27,31H,9-10,12-14H2,1-2H3/t19-/m0/s1. The first kappa shape index (κ1) is 22.0. The molecule has 1 atom stereocenters. The van der Waals surface area contributed by atoms with Crippen LogP contribution in [0.5, 0.6) is 5.75 Å². The molecule has 3 aromatic heterocycles. The smallest absolute Gasteiger partial charge is 0.227 e. The predicted octanol–water partition coefficient (Wildman–Crippen LogP) is 3.98. The zero-order chi connectivity index (χ0) is 23.8. The lowest BCUT2D eigenvalue weighted by Gasteiger charge is -2.28. The Morgan fingerprint density at radius 3 is 2.82 bits per heavy atom. The number of amides is 1. The summed E-state index contributed by atoms with van der Waals surface area (Å²) in [5.41, 5.74) is 2.75. The van der Waals surface area contributed by atoms with E-state index in [1.165, 1.54) is 24.1 Å². The van der Waals surface area contributed by atoms with Crippen LogP contribution in [-0.4, -0.2) is 34.6 Å². The van der Waals surface area contributed by atoms with Gasteiger partial charge < -0.3 is 28.6 Å². The van der Waals surface area contributed by atoms with Crippen LogP contribution < -0.4 is 5.43 Å². The van der Waals surface area contributed by atoms with E-state index in [1.807, 2.05) is 18.2 Å². The molecule has 8 heteroatoms. The number of aromatic hydroxyl groups is 1. The number of H-pyrrole nitrogens is 1. The van der Waals surface area contributed by atoms with E-state index < -0.39 is 17.1 Å². The molecule has 1 aromatic carbocycles. The van der Waals surface area contributed by atoms with Crippen molar-refractivity contribution < 1.29 is 23.5 Å². The highest BCUT2D eigenvalue weighted by Crippen LogP contribution is 2.35. The van der Waals surface area contributed by atoms with Crippen LogP contribution in [0, 0.1) is 6.92 Å². The fourth-order valence-electron chi connectivity index (χ4n) is 4.68. The normalized spacial score (nSPS) is 14.4. The van der Waals surface area contributed by atoms with Gasteiger partial charge in [-0.25, -0.2) is 0 Å². The molecule has 1 aliphatic heterocycles. The third-order valence-corrected chi connectivity index (χ3v) is 6.32. The van der Waals surface area contributed by atoms with Crippen molar-refractivity contribution in [3.05, 3.63) is 87.0 Å². The van der Waals surface area contributed by atoms with E-state index in [1.54, 1.807) is 24.0 Å². The van der Waals surface area contributed by atoms with Gasteiger partial charge in [-0.15, -0.1) is 0 Å². The fraction of sp³-hybridized carbons (Fsp3) is 0.308. The summed E-state index contributed by atoms with van der Waals surface area (Å²) in [6.45, 7) is 2.90. The number of rotatable bonds is 6. The highest BCUT2D eigenvalue weighted by atomic mass is 16.5. The molecule has 0 saturated heterocycles. The number of nitrogens with one attached hydrogen (secondary N) is 1. The summed E-state index contributed by atoms with van der Waals surface area (Å²) in [5, 5.41) is 11.7. The Hall–Kier alpha value is -3.78. The maximum absolute atomic E-state index is 13.4. The van der Waals surface area contributed by atoms with Gasteiger partial charge in [0.2, 0.25) is 17.1 Å². The van der Waals surface area contributed by atoms with Gasteiger partial charge in [-0.3, -0.25) is 9.59 Å². The van der Waals surface area contributed by atoms with Crippen LogP contribution in [0.15, 0.2) is 56.1 Å². The van der Waals surface area contributed by atoms with E-state index >= 15 is 0 Å². The van der Waals surface area contributed by atoms with Crippen LogP contribution in [0.1, 0.15) is 46.6 Å². The molecule has 2 N–H and O–H groups in total. The molecule has 0 saturated carbocycles. The van der Waals surface area contributed by atoms with Crippen molar-refractivity contribution >= 4 is 16.8 Å². The SMILES string of the molecule is COCc1cc(=O)c(O)c([C@@H](CC(=O)N2CCc3c([nH]c4ccccc34)C2)c2ccc(C)o2)o1. The molecular formula is C26H26N2O6. The summed E-state index contributed by atoms with van der Waals surface area (Å²) in [4.78, 5) is 31.0. The van der Waals surface area contributed by atoms with E-state index in [0.29, 0.717) is 24.6 Å². The first-order valence-corrected chi connectivity index (χ1v) is 11.2. The maximum atomic E-state index is 13.4. The number of aromatic amines is 1. The molecule has 0 fully saturated rings. The molecule has 0 aliphatic carbocycles. The Labute approximate surface area is 195 Å². The Balaban J connectivity index is 1.46. The number of nitrogens with zero attached hydrogens (tertiary/aromatic N) is 1. The molecule has 0 unspecified atom stereocenters. The minimum absolute atomic E-state index is 0.00515. The number of benzene rings is 1. The van der Waals surface area contributed by atoms with Gasteiger partial charge in [-0.2, -0.15) is 0 Å². The van der Waals surface area contributed by atoms with E-state index in [-0.39, 0.29) is 30.5 Å². The lowest BCUT2D eigenvalue weighted by Crippen LogP contribution is -2.36. The molecular weight excluding hydrogens is 436 g/mol. The minimum Gasteiger partial charge on any atom is -0.502 e. The Kier molecular flexibility index (Phi) is 5.75. The molecule has 8 nitrogen and oxygen atoms in total. The first-order chi connectivity index (χ1) is 16.4. The summed E-state index contributed by atoms with van der Waals surface area (Å²) >= 11 is 0. The summed E-state index contributed by atoms with van der Waals surface area (Å²) in [7, 11) is 1.48. The number of carbonyl (C=O) groups is 1. The number of carbonyl (C=O) groups excluding carboxylic acids is 1. The number of ether oxygens (including phenoxy) is 1. The van der Waals surface area contributed by atoms with Crippen molar-refractivity contribution in [2.24, 2.45) is 0 Å². The number of para-hydroxylation sites is 1. The van der Waals surface area contributed by atoms with Crippen molar-refractivity contribution in [2.75, 3.05) is 13.7 Å². The summed E-state index contributed by atoms with van der Waals surface area (Å²) < 4.78 is 16.7. The van der Waals surface area contributed by atoms with Crippen LogP contribution in [-0.2, 0) is 29.1 Å². The number of fused-ring (bicyclic) bond motifs is 3. The highest BCUT2D eigenvalue weighted by molar-refractivity contribution is 5.85. The van der Waals surface area contributed by atoms with Crippen molar-refractivity contribution in [3.63, 3.8) is 0 Å². The van der Waals surface area contributed by atoms with Crippen LogP contribution >= 0.6 is 0 Å². The molecule has 4 heterocycles. The van der Waals surface area contributed by atoms with Gasteiger partial charge in [-0.1, -0.05) is 18.2 Å². The average molecular weight is 463 g/mol. The number of aromatic nitrogens is 1. The number of hydrogen-bond acceptors (Lipinski definition) is 6. The molecule has 5 rings (SSSR count). The van der Waals surface area contributed by atoms with E-state index in [0.717, 1.165) is 17.6 Å². The summed E-state index contributed by atoms with van der Waals surface area (Å²) in [6.07, 6.45) is 0.731. The topological polar surface area (TPSA) is 109 Å². The quantitative estimate of drug-likeness (QED) is 0.449. The van der Waals surface area contributed by atoms with Crippen LogP contribution in [0.2, 0.25) is 0 Å². The second kappa shape index (κ2) is 8.87. The van der Waals surface area contributed by atoms with Crippen molar-refractivity contribution in [1.82, 2.24) is 9.88 Å². The lowest BCUT2D eigenvalue weighted by atomic mass is 9.96. The third kappa shape index (κ3) is 4.01. The van der Waals surface area contributed by atoms with Crippen LogP contribution in [0.25, 0.3) is 10.9 Å². The number of hydrogen-bond donors (Lipinski definition) is 2. The van der Waals surface area contributed by atoms with Crippen molar-refractivity contribution in [3.8, 4) is 5.75 Å². The van der Waals surface area contributed by atoms with Gasteiger partial charge in [0.1, 0.15) is 23.9 Å². The van der Waals surface area contributed by atoms with Gasteiger partial charge in [0.05, 0.1) is 12.5 Å². The molecule has 1 amide bonds. The number of furan rings is 1. The van der Waals surface area contributed by atoms with Gasteiger partial charge in [0.15, 0.2) is 5.76 Å². The fourth-order valence-corrected chi connectivity index (χ4v) is 4.68. The van der Waals surface area contributed by atoms with Gasteiger partial charge >= 0.3 is 0 Å². The van der Waals surface area contributed by atoms with Crippen LogP contribution in [0.3, 0.4) is 0 Å². The zero-order valence-electron chi connectivity index (χ0n) is 19.1. The lowest BCUT2D eigenvalue weighted by molar-refractivity contribution is -0.132. The van der Waals surface area contributed by atoms with Gasteiger partial charge in [0.25, 0.3) is 0 Å².